The number of hydrogen-bond acceptors (Lipinski definition) is 3. The van der Waals surface area contributed by atoms with Crippen LogP contribution in [0.15, 0.2) is 0 Å². The molecule has 2 amide bonds. The molecule has 6 nitrogen and oxygen atoms in total. The van der Waals surface area contributed by atoms with Crippen LogP contribution < -0.4 is 5.32 Å². The third-order valence-electron chi connectivity index (χ3n) is 4.17. The molecule has 1 saturated carbocycles. The Hall–Kier alpha value is -1.30. The minimum atomic E-state index is -1.03. The molecule has 20 heavy (non-hydrogen) atoms. The van der Waals surface area contributed by atoms with E-state index in [2.05, 4.69) is 5.32 Å². The molecule has 2 unspecified atom stereocenters. The molecule has 0 radical (unpaired) electrons. The van der Waals surface area contributed by atoms with Crippen LogP contribution in [0.4, 0.5) is 4.79 Å². The predicted octanol–water partition coefficient (Wildman–Crippen LogP) is 1.43. The molecule has 2 atom stereocenters. The summed E-state index contributed by atoms with van der Waals surface area (Å²) in [6.07, 6.45) is 3.99. The van der Waals surface area contributed by atoms with E-state index in [1.165, 1.54) is 4.90 Å². The molecule has 0 saturated heterocycles. The molecule has 1 fully saturated rings. The first-order valence-electron chi connectivity index (χ1n) is 7.26. The van der Waals surface area contributed by atoms with Crippen molar-refractivity contribution in [3.05, 3.63) is 0 Å². The van der Waals surface area contributed by atoms with Crippen LogP contribution in [0.1, 0.15) is 46.0 Å². The number of aliphatic hydroxyl groups is 1. The molecule has 1 aliphatic rings. The van der Waals surface area contributed by atoms with Gasteiger partial charge in [-0.15, -0.1) is 0 Å². The molecule has 0 aromatic carbocycles. The van der Waals surface area contributed by atoms with Gasteiger partial charge in [-0.3, -0.25) is 0 Å². The van der Waals surface area contributed by atoms with E-state index in [0.717, 1.165) is 12.8 Å². The number of carboxylic acids is 1. The van der Waals surface area contributed by atoms with Crippen molar-refractivity contribution >= 4 is 12.0 Å². The summed E-state index contributed by atoms with van der Waals surface area (Å²) in [7, 11) is 1.58. The number of carboxylic acid groups (broad SMARTS) is 1. The van der Waals surface area contributed by atoms with Gasteiger partial charge in [0.05, 0.1) is 12.1 Å². The average Bonchev–Trinajstić information content (AvgIpc) is 2.80. The van der Waals surface area contributed by atoms with Crippen molar-refractivity contribution in [1.82, 2.24) is 10.2 Å². The van der Waals surface area contributed by atoms with Crippen molar-refractivity contribution < 1.29 is 19.8 Å². The molecule has 0 aromatic heterocycles. The molecule has 0 spiro atoms. The van der Waals surface area contributed by atoms with E-state index in [9.17, 15) is 14.7 Å². The van der Waals surface area contributed by atoms with Crippen LogP contribution in [-0.4, -0.2) is 52.3 Å². The summed E-state index contributed by atoms with van der Waals surface area (Å²) in [5.41, 5.74) is -0.818. The minimum absolute atomic E-state index is 0.139. The van der Waals surface area contributed by atoms with E-state index < -0.39 is 23.6 Å². The van der Waals surface area contributed by atoms with Gasteiger partial charge in [0.15, 0.2) is 0 Å². The van der Waals surface area contributed by atoms with Crippen LogP contribution in [0.3, 0.4) is 0 Å². The highest BCUT2D eigenvalue weighted by molar-refractivity contribution is 5.82. The molecular weight excluding hydrogens is 260 g/mol. The number of urea groups is 1. The summed E-state index contributed by atoms with van der Waals surface area (Å²) in [6, 6.07) is -1.34. The smallest absolute Gasteiger partial charge is 0.326 e. The first kappa shape index (κ1) is 16.8. The SMILES string of the molecule is CCC(C)C(NC(=O)N(C)CC1(O)CCCC1)C(=O)O. The van der Waals surface area contributed by atoms with Crippen LogP contribution in [0, 0.1) is 5.92 Å². The second-order valence-electron chi connectivity index (χ2n) is 5.94. The van der Waals surface area contributed by atoms with E-state index in [4.69, 9.17) is 5.11 Å². The zero-order chi connectivity index (χ0) is 15.3. The van der Waals surface area contributed by atoms with Gasteiger partial charge >= 0.3 is 12.0 Å². The highest BCUT2D eigenvalue weighted by atomic mass is 16.4. The van der Waals surface area contributed by atoms with E-state index in [1.807, 2.05) is 6.92 Å². The maximum atomic E-state index is 12.0. The quantitative estimate of drug-likeness (QED) is 0.689. The second-order valence-corrected chi connectivity index (χ2v) is 5.94. The molecule has 0 heterocycles. The zero-order valence-corrected chi connectivity index (χ0v) is 12.6. The predicted molar refractivity (Wildman–Crippen MR) is 75.5 cm³/mol. The van der Waals surface area contributed by atoms with Crippen molar-refractivity contribution in [1.29, 1.82) is 0 Å². The Kier molecular flexibility index (Phi) is 5.80. The fourth-order valence-electron chi connectivity index (χ4n) is 2.63. The number of rotatable bonds is 6. The van der Waals surface area contributed by atoms with Crippen LogP contribution in [0.2, 0.25) is 0 Å². The molecule has 6 heteroatoms. The number of carbonyl (C=O) groups excluding carboxylic acids is 1. The van der Waals surface area contributed by atoms with Gasteiger partial charge in [-0.25, -0.2) is 9.59 Å². The lowest BCUT2D eigenvalue weighted by Gasteiger charge is -2.30. The first-order chi connectivity index (χ1) is 9.29. The van der Waals surface area contributed by atoms with E-state index in [-0.39, 0.29) is 12.5 Å². The highest BCUT2D eigenvalue weighted by Gasteiger charge is 2.34. The Balaban J connectivity index is 2.57. The number of nitrogens with one attached hydrogen (secondary N) is 1. The lowest BCUT2D eigenvalue weighted by molar-refractivity contribution is -0.140. The van der Waals surface area contributed by atoms with E-state index in [1.54, 1.807) is 14.0 Å². The topological polar surface area (TPSA) is 89.9 Å². The van der Waals surface area contributed by atoms with Gasteiger partial charge in [-0.2, -0.15) is 0 Å². The number of carbonyl (C=O) groups is 2. The maximum absolute atomic E-state index is 12.0. The standard InChI is InChI=1S/C14H26N2O4/c1-4-10(2)11(12(17)18)15-13(19)16(3)9-14(20)7-5-6-8-14/h10-11,20H,4-9H2,1-3H3,(H,15,19)(H,17,18). The molecule has 0 aliphatic heterocycles. The zero-order valence-electron chi connectivity index (χ0n) is 12.6. The van der Waals surface area contributed by atoms with Crippen molar-refractivity contribution in [2.45, 2.75) is 57.6 Å². The van der Waals surface area contributed by atoms with Crippen LogP contribution in [0.5, 0.6) is 0 Å². The van der Waals surface area contributed by atoms with Crippen LogP contribution >= 0.6 is 0 Å². The number of amides is 2. The van der Waals surface area contributed by atoms with Gasteiger partial charge in [-0.1, -0.05) is 33.1 Å². The molecule has 0 aromatic rings. The number of aliphatic carboxylic acids is 1. The van der Waals surface area contributed by atoms with Gasteiger partial charge in [0.1, 0.15) is 6.04 Å². The van der Waals surface area contributed by atoms with Gasteiger partial charge in [-0.05, 0) is 18.8 Å². The van der Waals surface area contributed by atoms with Gasteiger partial charge in [0.25, 0.3) is 0 Å². The van der Waals surface area contributed by atoms with E-state index in [0.29, 0.717) is 19.3 Å². The Morgan fingerprint density at radius 1 is 1.35 bits per heavy atom. The summed E-state index contributed by atoms with van der Waals surface area (Å²) in [4.78, 5) is 24.6. The molecule has 3 N–H and O–H groups in total. The number of nitrogens with zero attached hydrogens (tertiary/aromatic N) is 1. The van der Waals surface area contributed by atoms with Gasteiger partial charge in [0, 0.05) is 7.05 Å². The summed E-state index contributed by atoms with van der Waals surface area (Å²) < 4.78 is 0. The van der Waals surface area contributed by atoms with Crippen LogP contribution in [-0.2, 0) is 4.79 Å². The largest absolute Gasteiger partial charge is 0.480 e. The van der Waals surface area contributed by atoms with Gasteiger partial charge < -0.3 is 20.4 Å². The highest BCUT2D eigenvalue weighted by Crippen LogP contribution is 2.29. The Labute approximate surface area is 120 Å². The van der Waals surface area contributed by atoms with Crippen molar-refractivity contribution in [2.24, 2.45) is 5.92 Å². The molecular formula is C14H26N2O4. The fraction of sp³-hybridized carbons (Fsp3) is 0.857. The lowest BCUT2D eigenvalue weighted by Crippen LogP contribution is -2.52. The van der Waals surface area contributed by atoms with Crippen molar-refractivity contribution in [2.75, 3.05) is 13.6 Å². The molecule has 116 valence electrons. The average molecular weight is 286 g/mol. The Morgan fingerprint density at radius 3 is 2.35 bits per heavy atom. The summed E-state index contributed by atoms with van der Waals surface area (Å²) in [6.45, 7) is 3.92. The summed E-state index contributed by atoms with van der Waals surface area (Å²) in [5.74, 6) is -1.17. The van der Waals surface area contributed by atoms with Gasteiger partial charge in [0.2, 0.25) is 0 Å². The third-order valence-corrected chi connectivity index (χ3v) is 4.17. The number of hydrogen-bond donors (Lipinski definition) is 3. The fourth-order valence-corrected chi connectivity index (χ4v) is 2.63. The lowest BCUT2D eigenvalue weighted by atomic mass is 9.99. The maximum Gasteiger partial charge on any atom is 0.326 e. The second kappa shape index (κ2) is 6.92. The Bertz CT molecular complexity index is 353. The molecule has 0 bridgehead atoms. The summed E-state index contributed by atoms with van der Waals surface area (Å²) in [5, 5.41) is 22.0. The third kappa shape index (κ3) is 4.37. The van der Waals surface area contributed by atoms with Crippen molar-refractivity contribution in [3.8, 4) is 0 Å². The first-order valence-corrected chi connectivity index (χ1v) is 7.26. The summed E-state index contributed by atoms with van der Waals surface area (Å²) >= 11 is 0. The Morgan fingerprint density at radius 2 is 1.90 bits per heavy atom. The normalized spacial score (nSPS) is 20.2. The van der Waals surface area contributed by atoms with E-state index >= 15 is 0 Å². The minimum Gasteiger partial charge on any atom is -0.480 e. The monoisotopic (exact) mass is 286 g/mol. The molecule has 1 rings (SSSR count). The number of likely N-dealkylation sites (N-methyl/N-ethyl adjacent to an activating group) is 1. The van der Waals surface area contributed by atoms with Crippen molar-refractivity contribution in [3.63, 3.8) is 0 Å². The molecule has 1 aliphatic carbocycles. The van der Waals surface area contributed by atoms with Crippen LogP contribution in [0.25, 0.3) is 0 Å².